The van der Waals surface area contributed by atoms with Gasteiger partial charge in [-0.05, 0) is 12.1 Å². The first kappa shape index (κ1) is 15.7. The standard InChI is InChI=1S/C8Cl4N2.C4H5N/c9-5-3(1-13)6(10)8(12)7(11)4(5)2-14;1-2-4-5-3-1/h;1-5H. The Morgan fingerprint density at radius 3 is 1.42 bits per heavy atom. The largest absolute Gasteiger partial charge is 0.368 e. The van der Waals surface area contributed by atoms with Gasteiger partial charge in [0.15, 0.2) is 0 Å². The zero-order valence-electron chi connectivity index (χ0n) is 9.22. The Bertz CT molecular complexity index is 593. The number of nitrogens with zero attached hydrogens (tertiary/aromatic N) is 2. The zero-order valence-corrected chi connectivity index (χ0v) is 12.2. The molecule has 0 saturated carbocycles. The van der Waals surface area contributed by atoms with Crippen LogP contribution in [0.5, 0.6) is 0 Å². The topological polar surface area (TPSA) is 63.4 Å². The fourth-order valence-electron chi connectivity index (χ4n) is 1.11. The molecule has 7 heteroatoms. The van der Waals surface area contributed by atoms with Crippen LogP contribution >= 0.6 is 46.4 Å². The first-order valence-electron chi connectivity index (χ1n) is 4.78. The van der Waals surface area contributed by atoms with Crippen LogP contribution < -0.4 is 0 Å². The van der Waals surface area contributed by atoms with Gasteiger partial charge in [-0.25, -0.2) is 0 Å². The molecule has 0 spiro atoms. The second kappa shape index (κ2) is 7.28. The second-order valence-electron chi connectivity index (χ2n) is 3.11. The molecule has 1 aromatic carbocycles. The summed E-state index contributed by atoms with van der Waals surface area (Å²) >= 11 is 22.8. The molecular formula is C12H5Cl4N3. The van der Waals surface area contributed by atoms with E-state index < -0.39 is 0 Å². The second-order valence-corrected chi connectivity index (χ2v) is 4.63. The molecule has 0 atom stereocenters. The van der Waals surface area contributed by atoms with E-state index in [0.717, 1.165) is 0 Å². The van der Waals surface area contributed by atoms with Crippen LogP contribution in [0.4, 0.5) is 0 Å². The Balaban J connectivity index is 0.000000300. The molecule has 0 fully saturated rings. The van der Waals surface area contributed by atoms with Gasteiger partial charge in [0.1, 0.15) is 12.1 Å². The van der Waals surface area contributed by atoms with E-state index in [0.29, 0.717) is 0 Å². The molecule has 2 rings (SSSR count). The maximum atomic E-state index is 8.70. The van der Waals surface area contributed by atoms with Crippen molar-refractivity contribution in [2.75, 3.05) is 0 Å². The molecule has 0 amide bonds. The van der Waals surface area contributed by atoms with Crippen molar-refractivity contribution in [3.05, 3.63) is 55.7 Å². The average Bonchev–Trinajstić information content (AvgIpc) is 2.97. The molecule has 1 aromatic heterocycles. The molecular weight excluding hydrogens is 328 g/mol. The van der Waals surface area contributed by atoms with Crippen LogP contribution in [-0.2, 0) is 0 Å². The molecule has 0 bridgehead atoms. The molecule has 1 N–H and O–H groups in total. The van der Waals surface area contributed by atoms with E-state index >= 15 is 0 Å². The van der Waals surface area contributed by atoms with Crippen LogP contribution in [0.1, 0.15) is 11.1 Å². The fourth-order valence-corrected chi connectivity index (χ4v) is 2.18. The Kier molecular flexibility index (Phi) is 6.02. The highest BCUT2D eigenvalue weighted by molar-refractivity contribution is 6.50. The average molecular weight is 333 g/mol. The van der Waals surface area contributed by atoms with Gasteiger partial charge >= 0.3 is 0 Å². The predicted octanol–water partition coefficient (Wildman–Crippen LogP) is 5.06. The summed E-state index contributed by atoms with van der Waals surface area (Å²) in [5, 5.41) is 17.2. The van der Waals surface area contributed by atoms with Crippen molar-refractivity contribution in [3.8, 4) is 12.1 Å². The Labute approximate surface area is 129 Å². The minimum Gasteiger partial charge on any atom is -0.368 e. The van der Waals surface area contributed by atoms with E-state index in [4.69, 9.17) is 56.9 Å². The van der Waals surface area contributed by atoms with Gasteiger partial charge < -0.3 is 4.98 Å². The van der Waals surface area contributed by atoms with Crippen LogP contribution in [0.2, 0.25) is 20.1 Å². The summed E-state index contributed by atoms with van der Waals surface area (Å²) in [6.07, 6.45) is 3.75. The van der Waals surface area contributed by atoms with Gasteiger partial charge in [0, 0.05) is 12.4 Å². The summed E-state index contributed by atoms with van der Waals surface area (Å²) in [7, 11) is 0. The number of rotatable bonds is 0. The summed E-state index contributed by atoms with van der Waals surface area (Å²) in [6.45, 7) is 0. The molecule has 0 radical (unpaired) electrons. The van der Waals surface area contributed by atoms with Gasteiger partial charge in [0.25, 0.3) is 0 Å². The number of benzene rings is 1. The summed E-state index contributed by atoms with van der Waals surface area (Å²) in [5.41, 5.74) is -0.0847. The van der Waals surface area contributed by atoms with Crippen molar-refractivity contribution in [3.63, 3.8) is 0 Å². The molecule has 0 aliphatic rings. The number of H-pyrrole nitrogens is 1. The van der Waals surface area contributed by atoms with E-state index in [2.05, 4.69) is 4.98 Å². The highest BCUT2D eigenvalue weighted by Crippen LogP contribution is 2.40. The third-order valence-corrected chi connectivity index (χ3v) is 3.69. The zero-order chi connectivity index (χ0) is 14.4. The monoisotopic (exact) mass is 331 g/mol. The van der Waals surface area contributed by atoms with Gasteiger partial charge in [-0.15, -0.1) is 0 Å². The van der Waals surface area contributed by atoms with Crippen LogP contribution in [0, 0.1) is 22.7 Å². The number of hydrogen-bond donors (Lipinski definition) is 1. The third-order valence-electron chi connectivity index (χ3n) is 1.98. The Hall–Kier alpha value is -1.36. The van der Waals surface area contributed by atoms with Crippen molar-refractivity contribution in [2.24, 2.45) is 0 Å². The summed E-state index contributed by atoms with van der Waals surface area (Å²) in [6, 6.07) is 7.39. The molecule has 3 nitrogen and oxygen atoms in total. The van der Waals surface area contributed by atoms with Gasteiger partial charge in [-0.1, -0.05) is 46.4 Å². The number of nitrogens with one attached hydrogen (secondary N) is 1. The van der Waals surface area contributed by atoms with Crippen molar-refractivity contribution in [2.45, 2.75) is 0 Å². The summed E-state index contributed by atoms with van der Waals surface area (Å²) < 4.78 is 0. The van der Waals surface area contributed by atoms with E-state index in [1.807, 2.05) is 24.5 Å². The minimum atomic E-state index is -0.0746. The van der Waals surface area contributed by atoms with Crippen LogP contribution in [-0.4, -0.2) is 4.98 Å². The highest BCUT2D eigenvalue weighted by Gasteiger charge is 2.19. The number of nitriles is 2. The molecule has 2 aromatic rings. The van der Waals surface area contributed by atoms with Crippen molar-refractivity contribution in [1.29, 1.82) is 10.5 Å². The lowest BCUT2D eigenvalue weighted by atomic mass is 10.1. The lowest BCUT2D eigenvalue weighted by Gasteiger charge is -2.05. The lowest BCUT2D eigenvalue weighted by molar-refractivity contribution is 1.42. The molecule has 0 unspecified atom stereocenters. The maximum absolute atomic E-state index is 8.70. The fraction of sp³-hybridized carbons (Fsp3) is 0. The number of aromatic amines is 1. The van der Waals surface area contributed by atoms with E-state index in [1.165, 1.54) is 0 Å². The highest BCUT2D eigenvalue weighted by atomic mass is 35.5. The number of halogens is 4. The van der Waals surface area contributed by atoms with Gasteiger partial charge in [-0.3, -0.25) is 0 Å². The van der Waals surface area contributed by atoms with E-state index in [9.17, 15) is 0 Å². The Morgan fingerprint density at radius 2 is 1.16 bits per heavy atom. The summed E-state index contributed by atoms with van der Waals surface area (Å²) in [5.74, 6) is 0. The summed E-state index contributed by atoms with van der Waals surface area (Å²) in [4.78, 5) is 2.86. The van der Waals surface area contributed by atoms with Gasteiger partial charge in [0.05, 0.1) is 31.2 Å². The lowest BCUT2D eigenvalue weighted by Crippen LogP contribution is -1.89. The first-order valence-corrected chi connectivity index (χ1v) is 6.29. The van der Waals surface area contributed by atoms with Crippen molar-refractivity contribution in [1.82, 2.24) is 4.98 Å². The van der Waals surface area contributed by atoms with E-state index in [-0.39, 0.29) is 31.2 Å². The molecule has 19 heavy (non-hydrogen) atoms. The van der Waals surface area contributed by atoms with Crippen LogP contribution in [0.3, 0.4) is 0 Å². The number of hydrogen-bond acceptors (Lipinski definition) is 2. The van der Waals surface area contributed by atoms with Crippen LogP contribution in [0.25, 0.3) is 0 Å². The molecule has 0 aliphatic carbocycles. The first-order chi connectivity index (χ1) is 9.04. The number of aromatic nitrogens is 1. The van der Waals surface area contributed by atoms with Crippen molar-refractivity contribution < 1.29 is 0 Å². The smallest absolute Gasteiger partial charge is 0.102 e. The van der Waals surface area contributed by atoms with Crippen LogP contribution in [0.15, 0.2) is 24.5 Å². The minimum absolute atomic E-state index is 0.0363. The quantitative estimate of drug-likeness (QED) is 0.541. The van der Waals surface area contributed by atoms with Gasteiger partial charge in [-0.2, -0.15) is 10.5 Å². The van der Waals surface area contributed by atoms with Crippen molar-refractivity contribution >= 4 is 46.4 Å². The van der Waals surface area contributed by atoms with E-state index in [1.54, 1.807) is 12.1 Å². The third kappa shape index (κ3) is 3.56. The molecule has 1 heterocycles. The molecule has 0 saturated heterocycles. The molecule has 96 valence electrons. The maximum Gasteiger partial charge on any atom is 0.102 e. The van der Waals surface area contributed by atoms with Gasteiger partial charge in [0.2, 0.25) is 0 Å². The molecule has 0 aliphatic heterocycles. The normalized spacial score (nSPS) is 8.95. The Morgan fingerprint density at radius 1 is 0.737 bits per heavy atom. The predicted molar refractivity (Wildman–Crippen MR) is 76.7 cm³/mol. The SMILES string of the molecule is N#Cc1c(Cl)c(Cl)c(Cl)c(C#N)c1Cl.c1cc[nH]c1.